The van der Waals surface area contributed by atoms with Crippen molar-refractivity contribution in [3.63, 3.8) is 0 Å². The molecule has 2 N–H and O–H groups in total. The lowest BCUT2D eigenvalue weighted by Crippen LogP contribution is -2.29. The number of rotatable bonds is 4. The topological polar surface area (TPSA) is 61.0 Å². The smallest absolute Gasteiger partial charge is 0.164 e. The molecule has 2 aromatic heterocycles. The van der Waals surface area contributed by atoms with Crippen LogP contribution in [0.3, 0.4) is 0 Å². The molecule has 0 aliphatic heterocycles. The lowest BCUT2D eigenvalue weighted by Gasteiger charge is -2.28. The minimum Gasteiger partial charge on any atom is -0.383 e. The zero-order valence-electron chi connectivity index (χ0n) is 12.3. The van der Waals surface area contributed by atoms with Crippen LogP contribution in [0.5, 0.6) is 0 Å². The van der Waals surface area contributed by atoms with Gasteiger partial charge in [0.25, 0.3) is 0 Å². The lowest BCUT2D eigenvalue weighted by molar-refractivity contribution is -0.0287. The van der Waals surface area contributed by atoms with Crippen molar-refractivity contribution in [3.05, 3.63) is 16.3 Å². The number of aryl methyl sites for hydroxylation is 2. The van der Waals surface area contributed by atoms with Gasteiger partial charge in [-0.2, -0.15) is 0 Å². The number of ether oxygens (including phenoxy) is 1. The van der Waals surface area contributed by atoms with Gasteiger partial charge in [-0.1, -0.05) is 13.8 Å². The van der Waals surface area contributed by atoms with Gasteiger partial charge in [0.15, 0.2) is 5.82 Å². The average molecular weight is 291 g/mol. The van der Waals surface area contributed by atoms with E-state index in [-0.39, 0.29) is 0 Å². The predicted octanol–water partition coefficient (Wildman–Crippen LogP) is 3.42. The van der Waals surface area contributed by atoms with Gasteiger partial charge >= 0.3 is 0 Å². The van der Waals surface area contributed by atoms with Crippen molar-refractivity contribution in [2.45, 2.75) is 51.6 Å². The Hall–Kier alpha value is -1.20. The maximum Gasteiger partial charge on any atom is 0.164 e. The fraction of sp³-hybridized carbons (Fsp3) is 0.600. The first kappa shape index (κ1) is 13.8. The van der Waals surface area contributed by atoms with Crippen molar-refractivity contribution in [2.75, 3.05) is 12.8 Å². The summed E-state index contributed by atoms with van der Waals surface area (Å²) in [5.74, 6) is 1.35. The van der Waals surface area contributed by atoms with Gasteiger partial charge < -0.3 is 10.5 Å². The van der Waals surface area contributed by atoms with E-state index in [4.69, 9.17) is 15.5 Å². The van der Waals surface area contributed by atoms with Crippen LogP contribution >= 0.6 is 11.3 Å². The highest BCUT2D eigenvalue weighted by atomic mass is 32.1. The maximum atomic E-state index is 6.24. The number of hydrogen-bond acceptors (Lipinski definition) is 5. The Bertz CT molecular complexity index is 638. The standard InChI is InChI=1S/C15H21N3OS/c1-4-15(5-2,19-3)14-17-12(16)11-9-7-6-8-10(9)20-13(11)18-14/h4-8H2,1-3H3,(H2,16,17,18). The molecule has 0 bridgehead atoms. The summed E-state index contributed by atoms with van der Waals surface area (Å²) in [4.78, 5) is 11.8. The first-order chi connectivity index (χ1) is 9.65. The molecule has 0 amide bonds. The van der Waals surface area contributed by atoms with Gasteiger partial charge in [0.1, 0.15) is 16.2 Å². The number of nitrogens with two attached hydrogens (primary N) is 1. The molecule has 4 nitrogen and oxygen atoms in total. The van der Waals surface area contributed by atoms with Crippen LogP contribution in [-0.2, 0) is 23.2 Å². The molecule has 0 unspecified atom stereocenters. The number of methoxy groups -OCH3 is 1. The Kier molecular flexibility index (Phi) is 3.42. The SMILES string of the molecule is CCC(CC)(OC)c1nc(N)c2c3c(sc2n1)CCC3. The number of anilines is 1. The summed E-state index contributed by atoms with van der Waals surface area (Å²) in [6.07, 6.45) is 5.18. The Labute approximate surface area is 123 Å². The molecule has 0 saturated carbocycles. The molecule has 5 heteroatoms. The van der Waals surface area contributed by atoms with Gasteiger partial charge in [0.05, 0.1) is 5.39 Å². The van der Waals surface area contributed by atoms with Crippen LogP contribution in [0.15, 0.2) is 0 Å². The Balaban J connectivity index is 2.20. The molecule has 0 saturated heterocycles. The van der Waals surface area contributed by atoms with Crippen molar-refractivity contribution in [1.29, 1.82) is 0 Å². The van der Waals surface area contributed by atoms with Crippen molar-refractivity contribution >= 4 is 27.4 Å². The first-order valence-electron chi connectivity index (χ1n) is 7.28. The minimum absolute atomic E-state index is 0.420. The van der Waals surface area contributed by atoms with Crippen molar-refractivity contribution in [2.24, 2.45) is 0 Å². The molecule has 1 aliphatic carbocycles. The highest BCUT2D eigenvalue weighted by Crippen LogP contribution is 2.40. The average Bonchev–Trinajstić information content (AvgIpc) is 3.01. The van der Waals surface area contributed by atoms with Crippen LogP contribution in [0.1, 0.15) is 49.4 Å². The van der Waals surface area contributed by atoms with Gasteiger partial charge in [-0.15, -0.1) is 11.3 Å². The van der Waals surface area contributed by atoms with E-state index in [9.17, 15) is 0 Å². The molecule has 0 spiro atoms. The summed E-state index contributed by atoms with van der Waals surface area (Å²) >= 11 is 1.78. The zero-order valence-corrected chi connectivity index (χ0v) is 13.1. The molecule has 2 aromatic rings. The van der Waals surface area contributed by atoms with Crippen LogP contribution in [0.2, 0.25) is 0 Å². The van der Waals surface area contributed by atoms with E-state index >= 15 is 0 Å². The molecule has 0 fully saturated rings. The van der Waals surface area contributed by atoms with Gasteiger partial charge in [-0.3, -0.25) is 0 Å². The van der Waals surface area contributed by atoms with Crippen LogP contribution in [0, 0.1) is 0 Å². The van der Waals surface area contributed by atoms with Gasteiger partial charge in [-0.05, 0) is 37.7 Å². The number of aromatic nitrogens is 2. The van der Waals surface area contributed by atoms with Gasteiger partial charge in [0, 0.05) is 12.0 Å². The molecule has 0 aromatic carbocycles. The summed E-state index contributed by atoms with van der Waals surface area (Å²) in [5.41, 5.74) is 7.20. The van der Waals surface area contributed by atoms with Gasteiger partial charge in [-0.25, -0.2) is 9.97 Å². The number of hydrogen-bond donors (Lipinski definition) is 1. The summed E-state index contributed by atoms with van der Waals surface area (Å²) in [7, 11) is 1.73. The minimum atomic E-state index is -0.420. The van der Waals surface area contributed by atoms with E-state index < -0.39 is 5.60 Å². The Morgan fingerprint density at radius 1 is 1.25 bits per heavy atom. The quantitative estimate of drug-likeness (QED) is 0.937. The number of nitrogens with zero attached hydrogens (tertiary/aromatic N) is 2. The predicted molar refractivity (Wildman–Crippen MR) is 83.1 cm³/mol. The number of nitrogen functional groups attached to an aromatic ring is 1. The largest absolute Gasteiger partial charge is 0.383 e. The zero-order chi connectivity index (χ0) is 14.3. The van der Waals surface area contributed by atoms with E-state index in [1.807, 2.05) is 0 Å². The van der Waals surface area contributed by atoms with Gasteiger partial charge in [0.2, 0.25) is 0 Å². The Morgan fingerprint density at radius 2 is 2.00 bits per heavy atom. The molecule has 3 rings (SSSR count). The van der Waals surface area contributed by atoms with Crippen molar-refractivity contribution in [3.8, 4) is 0 Å². The molecule has 20 heavy (non-hydrogen) atoms. The third-order valence-electron chi connectivity index (χ3n) is 4.53. The summed E-state index contributed by atoms with van der Waals surface area (Å²) < 4.78 is 5.73. The third kappa shape index (κ3) is 1.84. The second kappa shape index (κ2) is 4.97. The highest BCUT2D eigenvalue weighted by Gasteiger charge is 2.33. The van der Waals surface area contributed by atoms with Crippen molar-refractivity contribution < 1.29 is 4.74 Å². The van der Waals surface area contributed by atoms with E-state index in [1.54, 1.807) is 18.4 Å². The monoisotopic (exact) mass is 291 g/mol. The summed E-state index contributed by atoms with van der Waals surface area (Å²) in [5, 5.41) is 1.09. The van der Waals surface area contributed by atoms with Crippen LogP contribution in [0.4, 0.5) is 5.82 Å². The number of fused-ring (bicyclic) bond motifs is 3. The molecule has 108 valence electrons. The molecular weight excluding hydrogens is 270 g/mol. The van der Waals surface area contributed by atoms with E-state index in [0.29, 0.717) is 5.82 Å². The molecule has 1 aliphatic rings. The highest BCUT2D eigenvalue weighted by molar-refractivity contribution is 7.19. The summed E-state index contributed by atoms with van der Waals surface area (Å²) in [6, 6.07) is 0. The normalized spacial score (nSPS) is 14.9. The van der Waals surface area contributed by atoms with Crippen LogP contribution in [0.25, 0.3) is 10.2 Å². The first-order valence-corrected chi connectivity index (χ1v) is 8.10. The molecule has 0 atom stereocenters. The lowest BCUT2D eigenvalue weighted by atomic mass is 9.96. The molecule has 0 radical (unpaired) electrons. The summed E-state index contributed by atoms with van der Waals surface area (Å²) in [6.45, 7) is 4.20. The molecular formula is C15H21N3OS. The third-order valence-corrected chi connectivity index (χ3v) is 5.72. The maximum absolute atomic E-state index is 6.24. The second-order valence-corrected chi connectivity index (χ2v) is 6.46. The van der Waals surface area contributed by atoms with Crippen molar-refractivity contribution in [1.82, 2.24) is 9.97 Å². The fourth-order valence-electron chi connectivity index (χ4n) is 3.17. The van der Waals surface area contributed by atoms with Crippen LogP contribution < -0.4 is 5.73 Å². The van der Waals surface area contributed by atoms with Crippen LogP contribution in [-0.4, -0.2) is 17.1 Å². The fourth-order valence-corrected chi connectivity index (χ4v) is 4.44. The second-order valence-electron chi connectivity index (χ2n) is 5.38. The molecule has 2 heterocycles. The van der Waals surface area contributed by atoms with E-state index in [2.05, 4.69) is 18.8 Å². The van der Waals surface area contributed by atoms with E-state index in [1.165, 1.54) is 16.9 Å². The van der Waals surface area contributed by atoms with E-state index in [0.717, 1.165) is 41.7 Å². The Morgan fingerprint density at radius 3 is 2.65 bits per heavy atom. The number of thiophene rings is 1.